The Morgan fingerprint density at radius 1 is 1.19 bits per heavy atom. The third-order valence-corrected chi connectivity index (χ3v) is 3.22. The maximum Gasteiger partial charge on any atom is 0.387 e. The summed E-state index contributed by atoms with van der Waals surface area (Å²) in [7, 11) is 0. The molecule has 3 nitrogen and oxygen atoms in total. The van der Waals surface area contributed by atoms with Crippen molar-refractivity contribution in [2.75, 3.05) is 0 Å². The molecule has 0 saturated heterocycles. The highest BCUT2D eigenvalue weighted by molar-refractivity contribution is 5.81. The van der Waals surface area contributed by atoms with Crippen molar-refractivity contribution in [2.45, 2.75) is 13.5 Å². The lowest BCUT2D eigenvalue weighted by molar-refractivity contribution is -0.0521. The van der Waals surface area contributed by atoms with Gasteiger partial charge in [-0.3, -0.25) is 0 Å². The zero-order chi connectivity index (χ0) is 15.0. The minimum atomic E-state index is -3.05. The Hall–Kier alpha value is -2.50. The van der Waals surface area contributed by atoms with Gasteiger partial charge in [-0.2, -0.15) is 8.78 Å². The predicted molar refractivity (Wildman–Crippen MR) is 72.4 cm³/mol. The van der Waals surface area contributed by atoms with E-state index in [0.29, 0.717) is 11.3 Å². The van der Waals surface area contributed by atoms with Gasteiger partial charge in [-0.15, -0.1) is 0 Å². The number of fused-ring (bicyclic) bond motifs is 1. The van der Waals surface area contributed by atoms with E-state index in [0.717, 1.165) is 17.0 Å². The van der Waals surface area contributed by atoms with Crippen molar-refractivity contribution in [3.8, 4) is 11.4 Å². The Labute approximate surface area is 118 Å². The minimum absolute atomic E-state index is 0.477. The van der Waals surface area contributed by atoms with Gasteiger partial charge < -0.3 is 9.30 Å². The van der Waals surface area contributed by atoms with Crippen molar-refractivity contribution < 1.29 is 17.9 Å². The summed E-state index contributed by atoms with van der Waals surface area (Å²) >= 11 is 0. The molecular weight excluding hydrogens is 281 g/mol. The summed E-state index contributed by atoms with van der Waals surface area (Å²) in [6.07, 6.45) is 3.42. The number of aromatic nitrogens is 2. The number of rotatable bonds is 3. The van der Waals surface area contributed by atoms with E-state index in [1.165, 1.54) is 12.1 Å². The molecule has 3 aromatic rings. The highest BCUT2D eigenvalue weighted by atomic mass is 19.3. The van der Waals surface area contributed by atoms with Gasteiger partial charge in [0.2, 0.25) is 0 Å². The largest absolute Gasteiger partial charge is 0.432 e. The second-order valence-corrected chi connectivity index (χ2v) is 4.54. The number of alkyl halides is 2. The smallest absolute Gasteiger partial charge is 0.387 e. The number of aryl methyl sites for hydroxylation is 1. The molecule has 6 heteroatoms. The van der Waals surface area contributed by atoms with Crippen LogP contribution in [0.15, 0.2) is 42.7 Å². The van der Waals surface area contributed by atoms with Gasteiger partial charge in [0.1, 0.15) is 5.65 Å². The summed E-state index contributed by atoms with van der Waals surface area (Å²) in [6.45, 7) is -1.10. The lowest BCUT2D eigenvalue weighted by Gasteiger charge is -2.09. The van der Waals surface area contributed by atoms with Gasteiger partial charge in [-0.1, -0.05) is 0 Å². The van der Waals surface area contributed by atoms with Crippen molar-refractivity contribution in [1.82, 2.24) is 9.55 Å². The Bertz CT molecular complexity index is 799. The summed E-state index contributed by atoms with van der Waals surface area (Å²) in [5.41, 5.74) is 2.22. The molecule has 0 spiro atoms. The van der Waals surface area contributed by atoms with Crippen LogP contribution < -0.4 is 4.74 Å². The maximum absolute atomic E-state index is 13.8. The van der Waals surface area contributed by atoms with E-state index in [9.17, 15) is 13.2 Å². The average Bonchev–Trinajstić information content (AvgIpc) is 2.86. The molecule has 1 aromatic carbocycles. The van der Waals surface area contributed by atoms with E-state index in [1.54, 1.807) is 17.0 Å². The molecule has 2 heterocycles. The number of nitrogens with zero attached hydrogens (tertiary/aromatic N) is 2. The van der Waals surface area contributed by atoms with Crippen molar-refractivity contribution in [3.63, 3.8) is 0 Å². The molecule has 0 atom stereocenters. The number of halogens is 3. The van der Waals surface area contributed by atoms with Gasteiger partial charge in [0, 0.05) is 23.8 Å². The molecule has 0 aliphatic rings. The summed E-state index contributed by atoms with van der Waals surface area (Å²) in [5.74, 6) is -1.32. The van der Waals surface area contributed by atoms with Gasteiger partial charge >= 0.3 is 6.61 Å². The lowest BCUT2D eigenvalue weighted by Crippen LogP contribution is -2.04. The SMILES string of the molecule is Cc1ccnc2c1ccn2-c1ccc(OC(F)F)c(F)c1. The quantitative estimate of drug-likeness (QED) is 0.727. The van der Waals surface area contributed by atoms with Crippen LogP contribution in [0.25, 0.3) is 16.7 Å². The molecule has 0 saturated carbocycles. The van der Waals surface area contributed by atoms with Crippen LogP contribution in [0.2, 0.25) is 0 Å². The van der Waals surface area contributed by atoms with Gasteiger partial charge in [0.25, 0.3) is 0 Å². The third-order valence-electron chi connectivity index (χ3n) is 3.22. The van der Waals surface area contributed by atoms with Gasteiger partial charge in [-0.05, 0) is 36.8 Å². The number of pyridine rings is 1. The van der Waals surface area contributed by atoms with Gasteiger partial charge in [0.15, 0.2) is 11.6 Å². The monoisotopic (exact) mass is 292 g/mol. The first kappa shape index (κ1) is 13.5. The molecule has 3 rings (SSSR count). The molecule has 0 aliphatic carbocycles. The van der Waals surface area contributed by atoms with Crippen LogP contribution >= 0.6 is 0 Å². The van der Waals surface area contributed by atoms with Crippen LogP contribution in [0, 0.1) is 12.7 Å². The zero-order valence-electron chi connectivity index (χ0n) is 11.1. The Morgan fingerprint density at radius 3 is 2.71 bits per heavy atom. The summed E-state index contributed by atoms with van der Waals surface area (Å²) in [6, 6.07) is 7.58. The van der Waals surface area contributed by atoms with E-state index >= 15 is 0 Å². The fourth-order valence-electron chi connectivity index (χ4n) is 2.21. The molecule has 0 unspecified atom stereocenters. The van der Waals surface area contributed by atoms with Crippen LogP contribution in [-0.4, -0.2) is 16.2 Å². The third kappa shape index (κ3) is 2.44. The molecule has 21 heavy (non-hydrogen) atoms. The molecule has 0 amide bonds. The standard InChI is InChI=1S/C15H11F3N2O/c1-9-4-6-19-14-11(9)5-7-20(14)10-2-3-13(12(16)8-10)21-15(17)18/h2-8,15H,1H3. The topological polar surface area (TPSA) is 27.1 Å². The van der Waals surface area contributed by atoms with Crippen molar-refractivity contribution in [3.05, 3.63) is 54.1 Å². The lowest BCUT2D eigenvalue weighted by atomic mass is 10.2. The minimum Gasteiger partial charge on any atom is -0.432 e. The summed E-state index contributed by atoms with van der Waals surface area (Å²) < 4.78 is 43.8. The van der Waals surface area contributed by atoms with E-state index in [-0.39, 0.29) is 0 Å². The van der Waals surface area contributed by atoms with Gasteiger partial charge in [-0.25, -0.2) is 9.37 Å². The zero-order valence-corrected chi connectivity index (χ0v) is 11.1. The second kappa shape index (κ2) is 5.12. The van der Waals surface area contributed by atoms with Crippen molar-refractivity contribution in [1.29, 1.82) is 0 Å². The first-order valence-corrected chi connectivity index (χ1v) is 6.23. The van der Waals surface area contributed by atoms with E-state index in [1.807, 2.05) is 19.1 Å². The Morgan fingerprint density at radius 2 is 2.00 bits per heavy atom. The molecule has 2 aromatic heterocycles. The van der Waals surface area contributed by atoms with E-state index in [2.05, 4.69) is 9.72 Å². The molecule has 0 aliphatic heterocycles. The van der Waals surface area contributed by atoms with E-state index < -0.39 is 18.2 Å². The number of hydrogen-bond acceptors (Lipinski definition) is 2. The molecule has 0 bridgehead atoms. The van der Waals surface area contributed by atoms with Crippen LogP contribution in [0.1, 0.15) is 5.56 Å². The summed E-state index contributed by atoms with van der Waals surface area (Å²) in [5, 5.41) is 0.950. The average molecular weight is 292 g/mol. The molecule has 0 N–H and O–H groups in total. The van der Waals surface area contributed by atoms with Crippen LogP contribution in [-0.2, 0) is 0 Å². The predicted octanol–water partition coefficient (Wildman–Crippen LogP) is 4.07. The maximum atomic E-state index is 13.8. The van der Waals surface area contributed by atoms with Crippen molar-refractivity contribution in [2.24, 2.45) is 0 Å². The molecule has 0 radical (unpaired) electrons. The van der Waals surface area contributed by atoms with E-state index in [4.69, 9.17) is 0 Å². The number of benzene rings is 1. The fraction of sp³-hybridized carbons (Fsp3) is 0.133. The van der Waals surface area contributed by atoms with Crippen LogP contribution in [0.4, 0.5) is 13.2 Å². The first-order chi connectivity index (χ1) is 10.1. The molecular formula is C15H11F3N2O. The normalized spacial score (nSPS) is 11.3. The summed E-state index contributed by atoms with van der Waals surface area (Å²) in [4.78, 5) is 4.27. The van der Waals surface area contributed by atoms with Crippen LogP contribution in [0.5, 0.6) is 5.75 Å². The Balaban J connectivity index is 2.07. The number of ether oxygens (including phenoxy) is 1. The number of hydrogen-bond donors (Lipinski definition) is 0. The molecule has 0 fully saturated rings. The highest BCUT2D eigenvalue weighted by Crippen LogP contribution is 2.25. The van der Waals surface area contributed by atoms with Gasteiger partial charge in [0.05, 0.1) is 5.69 Å². The highest BCUT2D eigenvalue weighted by Gasteiger charge is 2.12. The first-order valence-electron chi connectivity index (χ1n) is 6.23. The fourth-order valence-corrected chi connectivity index (χ4v) is 2.21. The van der Waals surface area contributed by atoms with Crippen LogP contribution in [0.3, 0.4) is 0 Å². The van der Waals surface area contributed by atoms with Crippen molar-refractivity contribution >= 4 is 11.0 Å². The molecule has 108 valence electrons. The second-order valence-electron chi connectivity index (χ2n) is 4.54. The Kier molecular flexibility index (Phi) is 3.29.